The molecule has 0 spiro atoms. The quantitative estimate of drug-likeness (QED) is 0.0694. The van der Waals surface area contributed by atoms with E-state index in [1.54, 1.807) is 18.2 Å². The molecule has 1 rings (SSSR count). The van der Waals surface area contributed by atoms with E-state index in [9.17, 15) is 14.4 Å². The van der Waals surface area contributed by atoms with Crippen molar-refractivity contribution in [2.45, 2.75) is 109 Å². The lowest BCUT2D eigenvalue weighted by atomic mass is 9.91. The highest BCUT2D eigenvalue weighted by atomic mass is 28.4. The zero-order chi connectivity index (χ0) is 27.0. The Hall–Kier alpha value is -2.25. The average molecular weight is 519 g/mol. The minimum atomic E-state index is -1.92. The van der Waals surface area contributed by atoms with Gasteiger partial charge in [0.25, 0.3) is 0 Å². The first-order valence-corrected chi connectivity index (χ1v) is 16.0. The van der Waals surface area contributed by atoms with Crippen molar-refractivity contribution in [2.24, 2.45) is 0 Å². The van der Waals surface area contributed by atoms with E-state index in [2.05, 4.69) is 33.8 Å². The van der Waals surface area contributed by atoms with Crippen molar-refractivity contribution >= 4 is 26.0 Å². The van der Waals surface area contributed by atoms with Gasteiger partial charge in [-0.2, -0.15) is 0 Å². The predicted octanol–water partition coefficient (Wildman–Crippen LogP) is 6.78. The fourth-order valence-corrected chi connectivity index (χ4v) is 7.27. The van der Waals surface area contributed by atoms with Gasteiger partial charge >= 0.3 is 11.9 Å². The Bertz CT molecular complexity index is 828. The number of rotatable bonds is 17. The lowest BCUT2D eigenvalue weighted by molar-refractivity contribution is -0.149. The maximum Gasteiger partial charge on any atom is 0.305 e. The molecule has 0 fully saturated rings. The first-order valence-electron chi connectivity index (χ1n) is 13.4. The molecule has 0 N–H and O–H groups in total. The second-order valence-corrected chi connectivity index (χ2v) is 14.1. The number of unbranched alkanes of at least 4 members (excludes halogenated alkanes) is 3. The monoisotopic (exact) mass is 518 g/mol. The average Bonchev–Trinajstić information content (AvgIpc) is 3.16. The van der Waals surface area contributed by atoms with Crippen molar-refractivity contribution in [3.05, 3.63) is 48.1 Å². The molecule has 0 aliphatic heterocycles. The van der Waals surface area contributed by atoms with Crippen LogP contribution in [0.3, 0.4) is 0 Å². The number of hydrogen-bond donors (Lipinski definition) is 0. The number of carbonyl (C=O) groups is 3. The van der Waals surface area contributed by atoms with E-state index in [4.69, 9.17) is 13.9 Å². The van der Waals surface area contributed by atoms with E-state index in [1.807, 2.05) is 12.2 Å². The third-order valence-electron chi connectivity index (χ3n) is 6.90. The molecule has 0 aromatic heterocycles. The Morgan fingerprint density at radius 3 is 2.36 bits per heavy atom. The van der Waals surface area contributed by atoms with Crippen LogP contribution in [0.15, 0.2) is 48.1 Å². The van der Waals surface area contributed by atoms with Crippen LogP contribution < -0.4 is 0 Å². The number of allylic oxidation sites excluding steroid dienone is 4. The lowest BCUT2D eigenvalue weighted by Crippen LogP contribution is -2.39. The van der Waals surface area contributed by atoms with Gasteiger partial charge in [-0.05, 0) is 49.5 Å². The van der Waals surface area contributed by atoms with Crippen LogP contribution in [0.2, 0.25) is 18.1 Å². The molecule has 1 unspecified atom stereocenters. The van der Waals surface area contributed by atoms with Crippen molar-refractivity contribution in [1.29, 1.82) is 0 Å². The Labute approximate surface area is 219 Å². The molecule has 7 heteroatoms. The van der Waals surface area contributed by atoms with E-state index in [-0.39, 0.29) is 24.3 Å². The largest absolute Gasteiger partial charge is 0.469 e. The van der Waals surface area contributed by atoms with Crippen molar-refractivity contribution in [1.82, 2.24) is 0 Å². The zero-order valence-electron chi connectivity index (χ0n) is 23.1. The lowest BCUT2D eigenvalue weighted by Gasteiger charge is -2.32. The first kappa shape index (κ1) is 31.8. The second kappa shape index (κ2) is 16.5. The SMILES string of the molecule is CCCCC/C=C/C[C@]1(OC(C)=O)C=CC(=O)/C1=C\C=C\C(CCC(=O)OC)O[Si](CC)(CC)CC. The van der Waals surface area contributed by atoms with Gasteiger partial charge < -0.3 is 13.9 Å². The molecule has 0 aromatic carbocycles. The second-order valence-electron chi connectivity index (χ2n) is 9.33. The summed E-state index contributed by atoms with van der Waals surface area (Å²) in [5.74, 6) is -0.888. The number of hydrogen-bond acceptors (Lipinski definition) is 6. The smallest absolute Gasteiger partial charge is 0.305 e. The molecule has 2 atom stereocenters. The number of esters is 2. The van der Waals surface area contributed by atoms with Gasteiger partial charge in [0.2, 0.25) is 0 Å². The molecular formula is C29H46O6Si. The first-order chi connectivity index (χ1) is 17.2. The third kappa shape index (κ3) is 10.0. The summed E-state index contributed by atoms with van der Waals surface area (Å²) in [6.07, 6.45) is 17.9. The highest BCUT2D eigenvalue weighted by Gasteiger charge is 2.41. The van der Waals surface area contributed by atoms with E-state index in [0.29, 0.717) is 18.4 Å². The van der Waals surface area contributed by atoms with Gasteiger partial charge in [-0.3, -0.25) is 14.4 Å². The van der Waals surface area contributed by atoms with Crippen molar-refractivity contribution in [3.63, 3.8) is 0 Å². The molecule has 0 saturated carbocycles. The summed E-state index contributed by atoms with van der Waals surface area (Å²) >= 11 is 0. The molecule has 0 aromatic rings. The molecule has 0 radical (unpaired) electrons. The minimum absolute atomic E-state index is 0.174. The summed E-state index contributed by atoms with van der Waals surface area (Å²) < 4.78 is 17.1. The van der Waals surface area contributed by atoms with Crippen LogP contribution in [0, 0.1) is 0 Å². The van der Waals surface area contributed by atoms with Crippen LogP contribution in [0.5, 0.6) is 0 Å². The highest BCUT2D eigenvalue weighted by Crippen LogP contribution is 2.35. The summed E-state index contributed by atoms with van der Waals surface area (Å²) in [6, 6.07) is 2.98. The van der Waals surface area contributed by atoms with Crippen LogP contribution in [0.4, 0.5) is 0 Å². The molecule has 36 heavy (non-hydrogen) atoms. The topological polar surface area (TPSA) is 78.9 Å². The van der Waals surface area contributed by atoms with Crippen LogP contribution >= 0.6 is 0 Å². The molecule has 202 valence electrons. The van der Waals surface area contributed by atoms with Gasteiger partial charge in [0.15, 0.2) is 19.7 Å². The van der Waals surface area contributed by atoms with Crippen LogP contribution in [0.1, 0.15) is 79.6 Å². The van der Waals surface area contributed by atoms with E-state index >= 15 is 0 Å². The standard InChI is InChI=1S/C29H46O6Si/c1-7-11-12-13-14-15-22-29(34-24(5)30)23-21-27(31)26(29)18-16-17-25(19-20-28(32)33-6)35-36(8-2,9-3)10-4/h14-18,21,23,25H,7-13,19-20,22H2,1-6H3/b15-14+,17-16+,26-18+/t25?,29-/m0/s1. The van der Waals surface area contributed by atoms with Gasteiger partial charge in [0.05, 0.1) is 13.2 Å². The van der Waals surface area contributed by atoms with Gasteiger partial charge in [-0.1, -0.05) is 70.9 Å². The summed E-state index contributed by atoms with van der Waals surface area (Å²) in [4.78, 5) is 36.5. The van der Waals surface area contributed by atoms with Gasteiger partial charge in [-0.25, -0.2) is 0 Å². The van der Waals surface area contributed by atoms with Gasteiger partial charge in [0.1, 0.15) is 0 Å². The van der Waals surface area contributed by atoms with Gasteiger partial charge in [-0.15, -0.1) is 0 Å². The van der Waals surface area contributed by atoms with Gasteiger partial charge in [0, 0.05) is 25.3 Å². The highest BCUT2D eigenvalue weighted by molar-refractivity contribution is 6.73. The van der Waals surface area contributed by atoms with Crippen molar-refractivity contribution < 1.29 is 28.3 Å². The van der Waals surface area contributed by atoms with Crippen LogP contribution in [-0.4, -0.2) is 44.9 Å². The molecule has 0 bridgehead atoms. The summed E-state index contributed by atoms with van der Waals surface area (Å²) in [5, 5.41) is 0. The number of carbonyl (C=O) groups excluding carboxylic acids is 3. The number of ether oxygens (including phenoxy) is 2. The maximum atomic E-state index is 12.8. The van der Waals surface area contributed by atoms with E-state index in [0.717, 1.165) is 37.4 Å². The Balaban J connectivity index is 3.18. The summed E-state index contributed by atoms with van der Waals surface area (Å²) in [5.41, 5.74) is -0.685. The van der Waals surface area contributed by atoms with Crippen molar-refractivity contribution in [2.75, 3.05) is 7.11 Å². The molecule has 6 nitrogen and oxygen atoms in total. The van der Waals surface area contributed by atoms with Crippen LogP contribution in [0.25, 0.3) is 0 Å². The summed E-state index contributed by atoms with van der Waals surface area (Å²) in [7, 11) is -0.539. The minimum Gasteiger partial charge on any atom is -0.469 e. The molecule has 1 aliphatic rings. The molecular weight excluding hydrogens is 472 g/mol. The number of ketones is 1. The van der Waals surface area contributed by atoms with Crippen LogP contribution in [-0.2, 0) is 28.3 Å². The maximum absolute atomic E-state index is 12.8. The normalized spacial score (nSPS) is 20.1. The Morgan fingerprint density at radius 2 is 1.78 bits per heavy atom. The molecule has 0 saturated heterocycles. The Kier molecular flexibility index (Phi) is 14.5. The Morgan fingerprint density at radius 1 is 1.08 bits per heavy atom. The van der Waals surface area contributed by atoms with E-state index in [1.165, 1.54) is 26.5 Å². The van der Waals surface area contributed by atoms with E-state index < -0.39 is 19.9 Å². The third-order valence-corrected chi connectivity index (χ3v) is 11.6. The number of methoxy groups -OCH3 is 1. The fraction of sp³-hybridized carbons (Fsp3) is 0.621. The zero-order valence-corrected chi connectivity index (χ0v) is 24.1. The molecule has 1 aliphatic carbocycles. The summed E-state index contributed by atoms with van der Waals surface area (Å²) in [6.45, 7) is 10.0. The fourth-order valence-electron chi connectivity index (χ4n) is 4.43. The predicted molar refractivity (Wildman–Crippen MR) is 147 cm³/mol. The van der Waals surface area contributed by atoms with Crippen molar-refractivity contribution in [3.8, 4) is 0 Å². The molecule has 0 amide bonds. The molecule has 0 heterocycles.